The number of aryl methyl sites for hydroxylation is 2. The molecule has 1 aromatic carbocycles. The largest absolute Gasteiger partial charge is 0.445 e. The Morgan fingerprint density at radius 3 is 2.77 bits per heavy atom. The van der Waals surface area contributed by atoms with Crippen molar-refractivity contribution in [1.82, 2.24) is 19.7 Å². The van der Waals surface area contributed by atoms with Crippen LogP contribution in [-0.2, 0) is 17.5 Å². The summed E-state index contributed by atoms with van der Waals surface area (Å²) >= 11 is 0.236. The van der Waals surface area contributed by atoms with E-state index in [1.807, 2.05) is 13.0 Å². The summed E-state index contributed by atoms with van der Waals surface area (Å²) < 4.78 is 38.7. The highest BCUT2D eigenvalue weighted by molar-refractivity contribution is 7.15. The molecule has 2 heterocycles. The number of hydrogen-bond donors (Lipinski definition) is 1. The molecule has 0 unspecified atom stereocenters. The number of nitrogens with one attached hydrogen (secondary N) is 1. The topological polar surface area (TPSA) is 89.8 Å². The molecule has 2 aromatic heterocycles. The van der Waals surface area contributed by atoms with E-state index in [1.165, 1.54) is 10.9 Å². The lowest BCUT2D eigenvalue weighted by Crippen LogP contribution is -2.23. The van der Waals surface area contributed by atoms with Crippen molar-refractivity contribution < 1.29 is 18.0 Å². The summed E-state index contributed by atoms with van der Waals surface area (Å²) in [5, 5.41) is 7.55. The standard InChI is InChI=1S/C15H12F3N5O2S/c1-8-3-2-4-9-11(8)19-7-23(12(9)25)6-5-10(24)20-14-22-21-13(26-14)15(16,17)18/h2-4,7H,5-6H2,1H3,(H,20,22,24). The molecule has 0 radical (unpaired) electrons. The Morgan fingerprint density at radius 1 is 1.31 bits per heavy atom. The Bertz CT molecular complexity index is 1030. The molecule has 1 amide bonds. The summed E-state index contributed by atoms with van der Waals surface area (Å²) in [5.74, 6) is -0.578. The average Bonchev–Trinajstić information content (AvgIpc) is 3.04. The molecule has 7 nitrogen and oxygen atoms in total. The van der Waals surface area contributed by atoms with Crippen LogP contribution in [0.4, 0.5) is 18.3 Å². The second kappa shape index (κ2) is 6.83. The first kappa shape index (κ1) is 18.0. The van der Waals surface area contributed by atoms with Crippen LogP contribution in [0.15, 0.2) is 29.3 Å². The second-order valence-electron chi connectivity index (χ2n) is 5.42. The predicted octanol–water partition coefficient (Wildman–Crippen LogP) is 2.60. The van der Waals surface area contributed by atoms with Crippen molar-refractivity contribution in [3.63, 3.8) is 0 Å². The molecule has 0 aliphatic carbocycles. The van der Waals surface area contributed by atoms with Gasteiger partial charge in [0.05, 0.1) is 17.2 Å². The quantitative estimate of drug-likeness (QED) is 0.748. The van der Waals surface area contributed by atoms with E-state index in [2.05, 4.69) is 20.5 Å². The zero-order chi connectivity index (χ0) is 18.9. The number of rotatable bonds is 4. The van der Waals surface area contributed by atoms with Gasteiger partial charge in [-0.1, -0.05) is 23.5 Å². The van der Waals surface area contributed by atoms with Crippen LogP contribution in [0.1, 0.15) is 17.0 Å². The number of aromatic nitrogens is 4. The Kier molecular flexibility index (Phi) is 4.72. The van der Waals surface area contributed by atoms with Gasteiger partial charge >= 0.3 is 6.18 Å². The van der Waals surface area contributed by atoms with E-state index in [-0.39, 0.29) is 35.0 Å². The van der Waals surface area contributed by atoms with Crippen LogP contribution >= 0.6 is 11.3 Å². The van der Waals surface area contributed by atoms with Gasteiger partial charge in [0.25, 0.3) is 5.56 Å². The van der Waals surface area contributed by atoms with Crippen molar-refractivity contribution in [2.75, 3.05) is 5.32 Å². The Labute approximate surface area is 148 Å². The van der Waals surface area contributed by atoms with Crippen molar-refractivity contribution in [1.29, 1.82) is 0 Å². The van der Waals surface area contributed by atoms with Crippen molar-refractivity contribution in [2.45, 2.75) is 26.1 Å². The number of benzene rings is 1. The predicted molar refractivity (Wildman–Crippen MR) is 88.9 cm³/mol. The molecule has 1 N–H and O–H groups in total. The van der Waals surface area contributed by atoms with Crippen LogP contribution in [0.25, 0.3) is 10.9 Å². The van der Waals surface area contributed by atoms with Gasteiger partial charge in [0.2, 0.25) is 16.0 Å². The minimum Gasteiger partial charge on any atom is -0.300 e. The molecule has 11 heteroatoms. The molecule has 3 aromatic rings. The van der Waals surface area contributed by atoms with Crippen molar-refractivity contribution in [3.8, 4) is 0 Å². The molecule has 0 bridgehead atoms. The maximum atomic E-state index is 12.5. The highest BCUT2D eigenvalue weighted by atomic mass is 32.1. The molecule has 0 atom stereocenters. The van der Waals surface area contributed by atoms with Crippen LogP contribution in [0.3, 0.4) is 0 Å². The molecule has 0 fully saturated rings. The summed E-state index contributed by atoms with van der Waals surface area (Å²) in [6, 6.07) is 5.23. The number of fused-ring (bicyclic) bond motifs is 1. The first-order valence-electron chi connectivity index (χ1n) is 7.41. The van der Waals surface area contributed by atoms with E-state index in [9.17, 15) is 22.8 Å². The van der Waals surface area contributed by atoms with Crippen molar-refractivity contribution >= 4 is 33.3 Å². The highest BCUT2D eigenvalue weighted by Crippen LogP contribution is 2.32. The normalized spacial score (nSPS) is 11.7. The number of anilines is 1. The van der Waals surface area contributed by atoms with Gasteiger partial charge in [-0.25, -0.2) is 4.98 Å². The molecule has 0 aliphatic rings. The number of carbonyl (C=O) groups is 1. The average molecular weight is 383 g/mol. The van der Waals surface area contributed by atoms with E-state index >= 15 is 0 Å². The Morgan fingerprint density at radius 2 is 2.08 bits per heavy atom. The van der Waals surface area contributed by atoms with Crippen molar-refractivity contribution in [3.05, 3.63) is 45.5 Å². The summed E-state index contributed by atoms with van der Waals surface area (Å²) in [6.45, 7) is 1.87. The summed E-state index contributed by atoms with van der Waals surface area (Å²) in [5.41, 5.74) is 1.16. The molecule has 0 spiro atoms. The molecular formula is C15H12F3N5O2S. The Hall–Kier alpha value is -2.82. The van der Waals surface area contributed by atoms with Gasteiger partial charge in [-0.05, 0) is 18.6 Å². The number of carbonyl (C=O) groups excluding carboxylic acids is 1. The van der Waals surface area contributed by atoms with Crippen molar-refractivity contribution in [2.24, 2.45) is 0 Å². The summed E-state index contributed by atoms with van der Waals surface area (Å²) in [6.07, 6.45) is -3.39. The maximum Gasteiger partial charge on any atom is 0.445 e. The SMILES string of the molecule is Cc1cccc2c(=O)n(CCC(=O)Nc3nnc(C(F)(F)F)s3)cnc12. The van der Waals surface area contributed by atoms with Gasteiger partial charge in [-0.15, -0.1) is 10.2 Å². The number of hydrogen-bond acceptors (Lipinski definition) is 6. The highest BCUT2D eigenvalue weighted by Gasteiger charge is 2.35. The molecule has 0 saturated heterocycles. The second-order valence-corrected chi connectivity index (χ2v) is 6.40. The van der Waals surface area contributed by atoms with Crippen LogP contribution in [0, 0.1) is 6.92 Å². The van der Waals surface area contributed by atoms with E-state index in [0.717, 1.165) is 5.56 Å². The van der Waals surface area contributed by atoms with E-state index in [1.54, 1.807) is 12.1 Å². The fourth-order valence-corrected chi connectivity index (χ4v) is 2.92. The Balaban J connectivity index is 1.68. The first-order valence-corrected chi connectivity index (χ1v) is 8.22. The zero-order valence-electron chi connectivity index (χ0n) is 13.4. The molecule has 0 saturated carbocycles. The van der Waals surface area contributed by atoms with Crippen LogP contribution in [0.5, 0.6) is 0 Å². The van der Waals surface area contributed by atoms with Gasteiger partial charge in [0.1, 0.15) is 0 Å². The molecule has 3 rings (SSSR count). The number of halogens is 3. The lowest BCUT2D eigenvalue weighted by atomic mass is 10.1. The number of para-hydroxylation sites is 1. The molecular weight excluding hydrogens is 371 g/mol. The minimum absolute atomic E-state index is 0.0342. The summed E-state index contributed by atoms with van der Waals surface area (Å²) in [4.78, 5) is 28.5. The van der Waals surface area contributed by atoms with E-state index in [4.69, 9.17) is 0 Å². The first-order chi connectivity index (χ1) is 12.3. The van der Waals surface area contributed by atoms with Gasteiger partial charge in [0, 0.05) is 13.0 Å². The minimum atomic E-state index is -4.61. The third-order valence-corrected chi connectivity index (χ3v) is 4.43. The third-order valence-electron chi connectivity index (χ3n) is 3.55. The van der Waals surface area contributed by atoms with E-state index < -0.39 is 17.1 Å². The molecule has 136 valence electrons. The van der Waals surface area contributed by atoms with Gasteiger partial charge in [0.15, 0.2) is 0 Å². The fraction of sp³-hybridized carbons (Fsp3) is 0.267. The monoisotopic (exact) mass is 383 g/mol. The number of alkyl halides is 3. The lowest BCUT2D eigenvalue weighted by molar-refractivity contribution is -0.138. The molecule has 0 aliphatic heterocycles. The summed E-state index contributed by atoms with van der Waals surface area (Å²) in [7, 11) is 0. The van der Waals surface area contributed by atoms with Gasteiger partial charge < -0.3 is 5.32 Å². The zero-order valence-corrected chi connectivity index (χ0v) is 14.2. The maximum absolute atomic E-state index is 12.5. The molecule has 26 heavy (non-hydrogen) atoms. The third kappa shape index (κ3) is 3.72. The van der Waals surface area contributed by atoms with Crippen LogP contribution in [-0.4, -0.2) is 25.7 Å². The smallest absolute Gasteiger partial charge is 0.300 e. The van der Waals surface area contributed by atoms with Gasteiger partial charge in [-0.3, -0.25) is 14.2 Å². The van der Waals surface area contributed by atoms with Crippen LogP contribution in [0.2, 0.25) is 0 Å². The number of amides is 1. The van der Waals surface area contributed by atoms with Crippen LogP contribution < -0.4 is 10.9 Å². The van der Waals surface area contributed by atoms with E-state index in [0.29, 0.717) is 10.9 Å². The van der Waals surface area contributed by atoms with Gasteiger partial charge in [-0.2, -0.15) is 13.2 Å². The lowest BCUT2D eigenvalue weighted by Gasteiger charge is -2.07. The fourth-order valence-electron chi connectivity index (χ4n) is 2.29. The number of nitrogens with zero attached hydrogens (tertiary/aromatic N) is 4.